The Morgan fingerprint density at radius 3 is 2.94 bits per heavy atom. The van der Waals surface area contributed by atoms with Gasteiger partial charge < -0.3 is 4.74 Å². The molecule has 0 saturated carbocycles. The van der Waals surface area contributed by atoms with Crippen LogP contribution in [0.5, 0.6) is 5.75 Å². The van der Waals surface area contributed by atoms with Crippen molar-refractivity contribution in [1.29, 1.82) is 0 Å². The van der Waals surface area contributed by atoms with Gasteiger partial charge in [-0.3, -0.25) is 4.79 Å². The van der Waals surface area contributed by atoms with E-state index in [0.717, 1.165) is 5.01 Å². The number of hydrogen-bond acceptors (Lipinski definition) is 4. The summed E-state index contributed by atoms with van der Waals surface area (Å²) in [6, 6.07) is 4.25. The van der Waals surface area contributed by atoms with Crippen molar-refractivity contribution in [3.8, 4) is 5.75 Å². The second-order valence-corrected chi connectivity index (χ2v) is 4.68. The summed E-state index contributed by atoms with van der Waals surface area (Å²) in [5.41, 5.74) is 0.366. The molecule has 2 rings (SSSR count). The maximum absolute atomic E-state index is 13.4. The molecule has 2 aromatic rings. The van der Waals surface area contributed by atoms with Gasteiger partial charge >= 0.3 is 0 Å². The van der Waals surface area contributed by atoms with E-state index in [1.807, 2.05) is 5.38 Å². The number of halogens is 1. The van der Waals surface area contributed by atoms with E-state index in [2.05, 4.69) is 4.98 Å². The van der Waals surface area contributed by atoms with Crippen LogP contribution in [0, 0.1) is 5.82 Å². The Morgan fingerprint density at radius 1 is 1.50 bits per heavy atom. The van der Waals surface area contributed by atoms with Gasteiger partial charge in [-0.25, -0.2) is 9.37 Å². The smallest absolute Gasteiger partial charge is 0.165 e. The Morgan fingerprint density at radius 2 is 2.33 bits per heavy atom. The number of thiazole rings is 1. The molecule has 0 spiro atoms. The minimum absolute atomic E-state index is 0.0910. The summed E-state index contributed by atoms with van der Waals surface area (Å²) in [4.78, 5) is 16.0. The molecule has 1 heterocycles. The molecule has 0 aliphatic heterocycles. The molecule has 0 N–H and O–H groups in total. The molecule has 1 aromatic heterocycles. The highest BCUT2D eigenvalue weighted by molar-refractivity contribution is 7.09. The Kier molecular flexibility index (Phi) is 4.04. The third kappa shape index (κ3) is 2.92. The molecule has 94 valence electrons. The third-order valence-corrected chi connectivity index (χ3v) is 3.36. The van der Waals surface area contributed by atoms with Gasteiger partial charge in [0, 0.05) is 30.0 Å². The Bertz CT molecular complexity index is 540. The number of Topliss-reactive ketones (excluding diaryl/α,β-unsaturated/α-hetero) is 1. The first-order chi connectivity index (χ1) is 8.70. The van der Waals surface area contributed by atoms with E-state index in [4.69, 9.17) is 4.74 Å². The normalized spacial score (nSPS) is 10.3. The third-order valence-electron chi connectivity index (χ3n) is 2.52. The van der Waals surface area contributed by atoms with Gasteiger partial charge in [0.2, 0.25) is 0 Å². The summed E-state index contributed by atoms with van der Waals surface area (Å²) < 4.78 is 18.2. The minimum atomic E-state index is -0.516. The van der Waals surface area contributed by atoms with Gasteiger partial charge in [0.05, 0.1) is 12.1 Å². The average Bonchev–Trinajstić information content (AvgIpc) is 2.89. The van der Waals surface area contributed by atoms with Crippen molar-refractivity contribution >= 4 is 17.1 Å². The van der Waals surface area contributed by atoms with Crippen LogP contribution in [-0.2, 0) is 6.42 Å². The lowest BCUT2D eigenvalue weighted by Gasteiger charge is -2.04. The van der Waals surface area contributed by atoms with Crippen molar-refractivity contribution in [2.45, 2.75) is 12.8 Å². The fourth-order valence-corrected chi connectivity index (χ4v) is 2.20. The maximum Gasteiger partial charge on any atom is 0.165 e. The van der Waals surface area contributed by atoms with Crippen LogP contribution in [0.2, 0.25) is 0 Å². The molecule has 5 heteroatoms. The molecule has 0 radical (unpaired) electrons. The van der Waals surface area contributed by atoms with Crippen molar-refractivity contribution in [2.24, 2.45) is 0 Å². The van der Waals surface area contributed by atoms with E-state index in [-0.39, 0.29) is 11.5 Å². The molecule has 0 aliphatic carbocycles. The first kappa shape index (κ1) is 12.7. The first-order valence-corrected chi connectivity index (χ1v) is 6.34. The molecule has 0 saturated heterocycles. The molecule has 0 bridgehead atoms. The maximum atomic E-state index is 13.4. The van der Waals surface area contributed by atoms with Gasteiger partial charge in [0.25, 0.3) is 0 Å². The molecule has 0 aliphatic rings. The van der Waals surface area contributed by atoms with Crippen molar-refractivity contribution in [2.75, 3.05) is 7.11 Å². The quantitative estimate of drug-likeness (QED) is 0.780. The molecular formula is C13H12FNO2S. The van der Waals surface area contributed by atoms with E-state index >= 15 is 0 Å². The van der Waals surface area contributed by atoms with Crippen LogP contribution in [0.25, 0.3) is 0 Å². The standard InChI is InChI=1S/C13H12FNO2S/c1-17-12-4-2-9(8-10(12)14)11(16)3-5-13-15-6-7-18-13/h2,4,6-8H,3,5H2,1H3. The molecule has 0 atom stereocenters. The second-order valence-electron chi connectivity index (χ2n) is 3.70. The summed E-state index contributed by atoms with van der Waals surface area (Å²) in [6.07, 6.45) is 2.63. The summed E-state index contributed by atoms with van der Waals surface area (Å²) in [6.45, 7) is 0. The van der Waals surface area contributed by atoms with Gasteiger partial charge in [-0.1, -0.05) is 0 Å². The number of benzene rings is 1. The number of nitrogens with zero attached hydrogens (tertiary/aromatic N) is 1. The molecule has 0 unspecified atom stereocenters. The fraction of sp³-hybridized carbons (Fsp3) is 0.231. The monoisotopic (exact) mass is 265 g/mol. The molecular weight excluding hydrogens is 253 g/mol. The van der Waals surface area contributed by atoms with Crippen molar-refractivity contribution in [3.63, 3.8) is 0 Å². The van der Waals surface area contributed by atoms with Gasteiger partial charge in [-0.2, -0.15) is 0 Å². The Labute approximate surface area is 108 Å². The second kappa shape index (κ2) is 5.73. The lowest BCUT2D eigenvalue weighted by atomic mass is 10.1. The average molecular weight is 265 g/mol. The fourth-order valence-electron chi connectivity index (χ4n) is 1.58. The number of ether oxygens (including phenoxy) is 1. The largest absolute Gasteiger partial charge is 0.494 e. The molecule has 3 nitrogen and oxygen atoms in total. The number of aromatic nitrogens is 1. The van der Waals surface area contributed by atoms with Gasteiger partial charge in [-0.15, -0.1) is 11.3 Å². The zero-order valence-electron chi connectivity index (χ0n) is 9.85. The number of aryl methyl sites for hydroxylation is 1. The number of carbonyl (C=O) groups excluding carboxylic acids is 1. The first-order valence-electron chi connectivity index (χ1n) is 5.46. The zero-order chi connectivity index (χ0) is 13.0. The van der Waals surface area contributed by atoms with E-state index in [0.29, 0.717) is 18.4 Å². The number of hydrogen-bond donors (Lipinski definition) is 0. The van der Waals surface area contributed by atoms with Crippen LogP contribution in [-0.4, -0.2) is 17.9 Å². The summed E-state index contributed by atoms with van der Waals surface area (Å²) >= 11 is 1.51. The minimum Gasteiger partial charge on any atom is -0.494 e. The zero-order valence-corrected chi connectivity index (χ0v) is 10.7. The van der Waals surface area contributed by atoms with Crippen molar-refractivity contribution < 1.29 is 13.9 Å². The predicted octanol–water partition coefficient (Wildman–Crippen LogP) is 3.11. The highest BCUT2D eigenvalue weighted by Gasteiger charge is 2.10. The lowest BCUT2D eigenvalue weighted by molar-refractivity contribution is 0.0982. The predicted molar refractivity (Wildman–Crippen MR) is 67.7 cm³/mol. The van der Waals surface area contributed by atoms with E-state index in [1.165, 1.54) is 30.6 Å². The molecule has 18 heavy (non-hydrogen) atoms. The summed E-state index contributed by atoms with van der Waals surface area (Å²) in [5.74, 6) is -0.462. The highest BCUT2D eigenvalue weighted by Crippen LogP contribution is 2.19. The SMILES string of the molecule is COc1ccc(C(=O)CCc2nccs2)cc1F. The molecule has 1 aromatic carbocycles. The Hall–Kier alpha value is -1.75. The molecule has 0 fully saturated rings. The number of methoxy groups -OCH3 is 1. The highest BCUT2D eigenvalue weighted by atomic mass is 32.1. The van der Waals surface area contributed by atoms with Crippen LogP contribution in [0.1, 0.15) is 21.8 Å². The number of rotatable bonds is 5. The van der Waals surface area contributed by atoms with Crippen LogP contribution < -0.4 is 4.74 Å². The summed E-state index contributed by atoms with van der Waals surface area (Å²) in [7, 11) is 1.39. The van der Waals surface area contributed by atoms with Crippen molar-refractivity contribution in [1.82, 2.24) is 4.98 Å². The van der Waals surface area contributed by atoms with Crippen LogP contribution in [0.4, 0.5) is 4.39 Å². The van der Waals surface area contributed by atoms with Crippen molar-refractivity contribution in [3.05, 3.63) is 46.2 Å². The Balaban J connectivity index is 2.02. The summed E-state index contributed by atoms with van der Waals surface area (Å²) in [5, 5.41) is 2.78. The topological polar surface area (TPSA) is 39.2 Å². The van der Waals surface area contributed by atoms with E-state index in [1.54, 1.807) is 12.3 Å². The lowest BCUT2D eigenvalue weighted by Crippen LogP contribution is -2.02. The van der Waals surface area contributed by atoms with Crippen LogP contribution in [0.3, 0.4) is 0 Å². The number of carbonyl (C=O) groups is 1. The molecule has 0 amide bonds. The van der Waals surface area contributed by atoms with Crippen LogP contribution in [0.15, 0.2) is 29.8 Å². The van der Waals surface area contributed by atoms with Gasteiger partial charge in [0.15, 0.2) is 17.3 Å². The van der Waals surface area contributed by atoms with E-state index < -0.39 is 5.82 Å². The van der Waals surface area contributed by atoms with Crippen LogP contribution >= 0.6 is 11.3 Å². The number of ketones is 1. The van der Waals surface area contributed by atoms with E-state index in [9.17, 15) is 9.18 Å². The van der Waals surface area contributed by atoms with Gasteiger partial charge in [0.1, 0.15) is 0 Å². The van der Waals surface area contributed by atoms with Gasteiger partial charge in [-0.05, 0) is 18.2 Å².